The SMILES string of the molecule is CC(C)n1c(-c2cn(C)c3ccccc23)nn2c(-c3cnn(C4CCCCO4)c3)cnc2c1=O. The summed E-state index contributed by atoms with van der Waals surface area (Å²) in [4.78, 5) is 18.1. The maximum Gasteiger partial charge on any atom is 0.297 e. The number of fused-ring (bicyclic) bond motifs is 2. The Bertz CT molecular complexity index is 1560. The Morgan fingerprint density at radius 2 is 1.97 bits per heavy atom. The lowest BCUT2D eigenvalue weighted by atomic mass is 10.1. The van der Waals surface area contributed by atoms with Gasteiger partial charge in [0, 0.05) is 54.1 Å². The van der Waals surface area contributed by atoms with E-state index in [0.717, 1.165) is 53.6 Å². The van der Waals surface area contributed by atoms with E-state index in [1.807, 2.05) is 50.1 Å². The van der Waals surface area contributed by atoms with E-state index < -0.39 is 0 Å². The standard InChI is InChI=1S/C25H27N7O2/c1-16(2)31-23(19-15-29(3)20-9-5-4-8-18(19)20)28-32-21(13-26-24(32)25(31)33)17-12-27-30(14-17)22-10-6-7-11-34-22/h4-5,8-9,12-16,22H,6-7,10-11H2,1-3H3. The lowest BCUT2D eigenvalue weighted by Crippen LogP contribution is -2.27. The Labute approximate surface area is 196 Å². The topological polar surface area (TPSA) is 84.2 Å². The molecule has 0 aliphatic carbocycles. The Morgan fingerprint density at radius 1 is 1.12 bits per heavy atom. The summed E-state index contributed by atoms with van der Waals surface area (Å²) in [5.41, 5.74) is 3.71. The van der Waals surface area contributed by atoms with Crippen molar-refractivity contribution < 1.29 is 4.74 Å². The molecule has 4 aromatic heterocycles. The van der Waals surface area contributed by atoms with Gasteiger partial charge in [0.1, 0.15) is 6.23 Å². The largest absolute Gasteiger partial charge is 0.357 e. The fourth-order valence-corrected chi connectivity index (χ4v) is 4.88. The molecule has 0 N–H and O–H groups in total. The Hall–Kier alpha value is -3.72. The van der Waals surface area contributed by atoms with E-state index in [1.54, 1.807) is 21.5 Å². The molecule has 1 atom stereocenters. The van der Waals surface area contributed by atoms with Crippen molar-refractivity contribution in [1.29, 1.82) is 0 Å². The van der Waals surface area contributed by atoms with Gasteiger partial charge in [0.2, 0.25) is 5.65 Å². The highest BCUT2D eigenvalue weighted by Crippen LogP contribution is 2.31. The lowest BCUT2D eigenvalue weighted by Gasteiger charge is -2.22. The fourth-order valence-electron chi connectivity index (χ4n) is 4.88. The first-order valence-corrected chi connectivity index (χ1v) is 11.7. The molecular formula is C25H27N7O2. The number of aromatic nitrogens is 7. The summed E-state index contributed by atoms with van der Waals surface area (Å²) in [5, 5.41) is 10.6. The first kappa shape index (κ1) is 20.9. The van der Waals surface area contributed by atoms with Crippen LogP contribution in [-0.4, -0.2) is 40.1 Å². The number of benzene rings is 1. The molecule has 9 heteroatoms. The summed E-state index contributed by atoms with van der Waals surface area (Å²) in [5.74, 6) is 0.617. The predicted molar refractivity (Wildman–Crippen MR) is 130 cm³/mol. The van der Waals surface area contributed by atoms with Crippen LogP contribution in [0.4, 0.5) is 0 Å². The Kier molecular flexibility index (Phi) is 4.88. The van der Waals surface area contributed by atoms with Crippen molar-refractivity contribution in [2.75, 3.05) is 6.61 Å². The van der Waals surface area contributed by atoms with Crippen LogP contribution in [-0.2, 0) is 11.8 Å². The lowest BCUT2D eigenvalue weighted by molar-refractivity contribution is -0.0394. The van der Waals surface area contributed by atoms with Gasteiger partial charge in [0.25, 0.3) is 5.56 Å². The number of nitrogens with zero attached hydrogens (tertiary/aromatic N) is 7. The summed E-state index contributed by atoms with van der Waals surface area (Å²) < 4.78 is 13.2. The highest BCUT2D eigenvalue weighted by Gasteiger charge is 2.23. The molecule has 1 fully saturated rings. The van der Waals surface area contributed by atoms with Gasteiger partial charge >= 0.3 is 0 Å². The first-order chi connectivity index (χ1) is 16.5. The minimum atomic E-state index is -0.165. The fraction of sp³-hybridized carbons (Fsp3) is 0.360. The van der Waals surface area contributed by atoms with Crippen molar-refractivity contribution in [3.63, 3.8) is 0 Å². The third-order valence-corrected chi connectivity index (χ3v) is 6.57. The molecule has 5 aromatic rings. The van der Waals surface area contributed by atoms with Crippen molar-refractivity contribution in [1.82, 2.24) is 33.5 Å². The van der Waals surface area contributed by atoms with Gasteiger partial charge in [0.15, 0.2) is 5.82 Å². The summed E-state index contributed by atoms with van der Waals surface area (Å²) in [7, 11) is 2.01. The molecule has 0 radical (unpaired) electrons. The number of hydrogen-bond acceptors (Lipinski definition) is 5. The highest BCUT2D eigenvalue weighted by atomic mass is 16.5. The van der Waals surface area contributed by atoms with Crippen LogP contribution in [0.3, 0.4) is 0 Å². The minimum absolute atomic E-state index is 0.0564. The maximum absolute atomic E-state index is 13.6. The molecular weight excluding hydrogens is 430 g/mol. The van der Waals surface area contributed by atoms with Crippen LogP contribution < -0.4 is 5.56 Å². The van der Waals surface area contributed by atoms with E-state index in [0.29, 0.717) is 11.5 Å². The molecule has 1 aliphatic heterocycles. The third-order valence-electron chi connectivity index (χ3n) is 6.57. The highest BCUT2D eigenvalue weighted by molar-refractivity contribution is 5.94. The van der Waals surface area contributed by atoms with Gasteiger partial charge in [-0.05, 0) is 39.2 Å². The second-order valence-corrected chi connectivity index (χ2v) is 9.17. The normalized spacial score (nSPS) is 16.8. The number of imidazole rings is 1. The van der Waals surface area contributed by atoms with Crippen molar-refractivity contribution in [3.8, 4) is 22.6 Å². The molecule has 0 spiro atoms. The number of para-hydroxylation sites is 1. The molecule has 34 heavy (non-hydrogen) atoms. The van der Waals surface area contributed by atoms with Gasteiger partial charge in [-0.2, -0.15) is 5.10 Å². The molecule has 1 aromatic carbocycles. The Morgan fingerprint density at radius 3 is 2.76 bits per heavy atom. The predicted octanol–water partition coefficient (Wildman–Crippen LogP) is 4.19. The Balaban J connectivity index is 1.55. The minimum Gasteiger partial charge on any atom is -0.357 e. The van der Waals surface area contributed by atoms with Gasteiger partial charge in [0.05, 0.1) is 18.1 Å². The molecule has 1 aliphatic rings. The van der Waals surface area contributed by atoms with Crippen molar-refractivity contribution in [2.24, 2.45) is 7.05 Å². The second kappa shape index (κ2) is 7.95. The number of rotatable bonds is 4. The average molecular weight is 458 g/mol. The monoisotopic (exact) mass is 457 g/mol. The van der Waals surface area contributed by atoms with E-state index >= 15 is 0 Å². The van der Waals surface area contributed by atoms with Crippen LogP contribution in [0.25, 0.3) is 39.2 Å². The zero-order chi connectivity index (χ0) is 23.4. The second-order valence-electron chi connectivity index (χ2n) is 9.17. The average Bonchev–Trinajstić information content (AvgIpc) is 3.57. The van der Waals surface area contributed by atoms with Gasteiger partial charge in [-0.25, -0.2) is 14.2 Å². The van der Waals surface area contributed by atoms with E-state index in [2.05, 4.69) is 26.8 Å². The van der Waals surface area contributed by atoms with E-state index in [1.165, 1.54) is 0 Å². The zero-order valence-electron chi connectivity index (χ0n) is 19.5. The molecule has 0 saturated carbocycles. The molecule has 0 amide bonds. The van der Waals surface area contributed by atoms with Crippen LogP contribution in [0, 0.1) is 0 Å². The smallest absolute Gasteiger partial charge is 0.297 e. The molecule has 174 valence electrons. The van der Waals surface area contributed by atoms with E-state index in [9.17, 15) is 4.79 Å². The maximum atomic E-state index is 13.6. The van der Waals surface area contributed by atoms with Crippen molar-refractivity contribution in [2.45, 2.75) is 45.4 Å². The number of aryl methyl sites for hydroxylation is 1. The van der Waals surface area contributed by atoms with Gasteiger partial charge in [-0.15, -0.1) is 5.10 Å². The van der Waals surface area contributed by atoms with Gasteiger partial charge in [-0.3, -0.25) is 9.36 Å². The number of hydrogen-bond donors (Lipinski definition) is 0. The molecule has 0 bridgehead atoms. The molecule has 5 heterocycles. The van der Waals surface area contributed by atoms with Crippen LogP contribution in [0.15, 0.2) is 53.8 Å². The van der Waals surface area contributed by atoms with Gasteiger partial charge in [-0.1, -0.05) is 18.2 Å². The molecule has 1 saturated heterocycles. The molecule has 9 nitrogen and oxygen atoms in total. The molecule has 6 rings (SSSR count). The number of ether oxygens (including phenoxy) is 1. The van der Waals surface area contributed by atoms with Gasteiger partial charge < -0.3 is 9.30 Å². The van der Waals surface area contributed by atoms with Crippen LogP contribution in [0.2, 0.25) is 0 Å². The summed E-state index contributed by atoms with van der Waals surface area (Å²) >= 11 is 0. The summed E-state index contributed by atoms with van der Waals surface area (Å²) in [6, 6.07) is 8.08. The van der Waals surface area contributed by atoms with Crippen LogP contribution in [0.5, 0.6) is 0 Å². The van der Waals surface area contributed by atoms with Crippen molar-refractivity contribution in [3.05, 3.63) is 59.4 Å². The van der Waals surface area contributed by atoms with Crippen LogP contribution >= 0.6 is 0 Å². The summed E-state index contributed by atoms with van der Waals surface area (Å²) in [6.07, 6.45) is 10.6. The van der Waals surface area contributed by atoms with Crippen LogP contribution in [0.1, 0.15) is 45.4 Å². The quantitative estimate of drug-likeness (QED) is 0.404. The zero-order valence-corrected chi connectivity index (χ0v) is 19.5. The third kappa shape index (κ3) is 3.19. The first-order valence-electron chi connectivity index (χ1n) is 11.7. The van der Waals surface area contributed by atoms with E-state index in [4.69, 9.17) is 9.84 Å². The van der Waals surface area contributed by atoms with E-state index in [-0.39, 0.29) is 17.8 Å². The summed E-state index contributed by atoms with van der Waals surface area (Å²) in [6.45, 7) is 4.73. The van der Waals surface area contributed by atoms with Crippen molar-refractivity contribution >= 4 is 16.6 Å². The molecule has 1 unspecified atom stereocenters.